The molecule has 8 heteroatoms. The van der Waals surface area contributed by atoms with Crippen LogP contribution in [0.4, 0.5) is 10.5 Å². The summed E-state index contributed by atoms with van der Waals surface area (Å²) in [5.74, 6) is 2.40. The topological polar surface area (TPSA) is 69.3 Å². The third kappa shape index (κ3) is 2.83. The molecule has 2 atom stereocenters. The number of ether oxygens (including phenoxy) is 4. The Morgan fingerprint density at radius 2 is 1.89 bits per heavy atom. The van der Waals surface area contributed by atoms with E-state index < -0.39 is 5.72 Å². The molecule has 2 amide bonds. The van der Waals surface area contributed by atoms with Crippen LogP contribution in [0.5, 0.6) is 23.0 Å². The lowest BCUT2D eigenvalue weighted by molar-refractivity contribution is 0.0345. The second kappa shape index (κ2) is 6.77. The maximum atomic E-state index is 13.1. The van der Waals surface area contributed by atoms with E-state index in [1.54, 1.807) is 44.4 Å². The number of nitrogens with one attached hydrogen (secondary N) is 1. The lowest BCUT2D eigenvalue weighted by Crippen LogP contribution is -2.65. The normalized spacial score (nSPS) is 22.7. The number of urea groups is 1. The highest BCUT2D eigenvalue weighted by atomic mass is 79.9. The van der Waals surface area contributed by atoms with Gasteiger partial charge in [0.15, 0.2) is 17.2 Å². The number of benzene rings is 2. The average molecular weight is 449 g/mol. The smallest absolute Gasteiger partial charge is 0.325 e. The maximum absolute atomic E-state index is 13.1. The van der Waals surface area contributed by atoms with E-state index in [9.17, 15) is 4.79 Å². The molecular formula is C20H21BrN2O5. The quantitative estimate of drug-likeness (QED) is 0.756. The van der Waals surface area contributed by atoms with Crippen LogP contribution in [0.3, 0.4) is 0 Å². The number of carbonyl (C=O) groups excluding carboxylic acids is 1. The molecule has 0 aliphatic carbocycles. The predicted molar refractivity (Wildman–Crippen MR) is 108 cm³/mol. The zero-order valence-corrected chi connectivity index (χ0v) is 17.6. The Labute approximate surface area is 171 Å². The Kier molecular flexibility index (Phi) is 4.53. The summed E-state index contributed by atoms with van der Waals surface area (Å²) in [7, 11) is 4.74. The van der Waals surface area contributed by atoms with Crippen LogP contribution in [-0.2, 0) is 0 Å². The fourth-order valence-corrected chi connectivity index (χ4v) is 4.34. The fraction of sp³-hybridized carbons (Fsp3) is 0.350. The number of methoxy groups -OCH3 is 3. The molecule has 2 aliphatic rings. The van der Waals surface area contributed by atoms with Gasteiger partial charge in [-0.05, 0) is 31.2 Å². The third-order valence-electron chi connectivity index (χ3n) is 5.15. The number of halogens is 1. The van der Waals surface area contributed by atoms with E-state index in [4.69, 9.17) is 18.9 Å². The van der Waals surface area contributed by atoms with Crippen molar-refractivity contribution in [2.24, 2.45) is 0 Å². The minimum Gasteiger partial charge on any atom is -0.497 e. The van der Waals surface area contributed by atoms with Crippen molar-refractivity contribution in [1.29, 1.82) is 0 Å². The largest absolute Gasteiger partial charge is 0.497 e. The molecular weight excluding hydrogens is 428 g/mol. The van der Waals surface area contributed by atoms with Crippen LogP contribution in [0, 0.1) is 0 Å². The van der Waals surface area contributed by atoms with E-state index in [0.717, 1.165) is 10.0 Å². The van der Waals surface area contributed by atoms with Crippen molar-refractivity contribution < 1.29 is 23.7 Å². The van der Waals surface area contributed by atoms with E-state index in [1.165, 1.54) is 0 Å². The summed E-state index contributed by atoms with van der Waals surface area (Å²) in [6.07, 6.45) is 0.570. The Hall–Kier alpha value is -2.61. The number of rotatable bonds is 4. The van der Waals surface area contributed by atoms with Crippen molar-refractivity contribution in [3.63, 3.8) is 0 Å². The molecule has 0 saturated carbocycles. The first-order valence-electron chi connectivity index (χ1n) is 8.79. The maximum Gasteiger partial charge on any atom is 0.325 e. The lowest BCUT2D eigenvalue weighted by Gasteiger charge is -2.50. The summed E-state index contributed by atoms with van der Waals surface area (Å²) < 4.78 is 23.6. The van der Waals surface area contributed by atoms with Gasteiger partial charge in [-0.15, -0.1) is 0 Å². The van der Waals surface area contributed by atoms with Gasteiger partial charge in [-0.3, -0.25) is 4.90 Å². The molecule has 0 unspecified atom stereocenters. The predicted octanol–water partition coefficient (Wildman–Crippen LogP) is 4.24. The molecule has 0 aromatic heterocycles. The van der Waals surface area contributed by atoms with Gasteiger partial charge in [0.25, 0.3) is 0 Å². The number of carbonyl (C=O) groups is 1. The molecule has 7 nitrogen and oxygen atoms in total. The van der Waals surface area contributed by atoms with Crippen LogP contribution >= 0.6 is 15.9 Å². The van der Waals surface area contributed by atoms with Gasteiger partial charge in [-0.1, -0.05) is 15.9 Å². The van der Waals surface area contributed by atoms with Crippen molar-refractivity contribution in [2.45, 2.75) is 25.1 Å². The molecule has 28 heavy (non-hydrogen) atoms. The highest BCUT2D eigenvalue weighted by Gasteiger charge is 2.51. The van der Waals surface area contributed by atoms with E-state index in [1.807, 2.05) is 19.1 Å². The summed E-state index contributed by atoms with van der Waals surface area (Å²) in [5.41, 5.74) is 0.572. The molecule has 1 saturated heterocycles. The highest BCUT2D eigenvalue weighted by molar-refractivity contribution is 9.10. The third-order valence-corrected chi connectivity index (χ3v) is 5.61. The summed E-state index contributed by atoms with van der Waals surface area (Å²) in [5, 5.41) is 3.08. The van der Waals surface area contributed by atoms with Gasteiger partial charge in [-0.25, -0.2) is 4.79 Å². The summed E-state index contributed by atoms with van der Waals surface area (Å²) in [6.45, 7) is 1.90. The molecule has 1 fully saturated rings. The van der Waals surface area contributed by atoms with Crippen molar-refractivity contribution in [2.75, 3.05) is 26.2 Å². The van der Waals surface area contributed by atoms with Gasteiger partial charge in [0.05, 0.1) is 33.1 Å². The Balaban J connectivity index is 1.83. The number of hydrogen-bond donors (Lipinski definition) is 1. The van der Waals surface area contributed by atoms with E-state index in [-0.39, 0.29) is 12.1 Å². The molecule has 1 N–H and O–H groups in total. The first-order chi connectivity index (χ1) is 13.4. The summed E-state index contributed by atoms with van der Waals surface area (Å²) in [4.78, 5) is 14.7. The first kappa shape index (κ1) is 18.7. The molecule has 2 aromatic carbocycles. The second-order valence-electron chi connectivity index (χ2n) is 6.88. The van der Waals surface area contributed by atoms with Crippen LogP contribution in [0.15, 0.2) is 34.8 Å². The van der Waals surface area contributed by atoms with E-state index >= 15 is 0 Å². The van der Waals surface area contributed by atoms with Crippen LogP contribution in [0.25, 0.3) is 0 Å². The van der Waals surface area contributed by atoms with Gasteiger partial charge in [0.2, 0.25) is 0 Å². The fourth-order valence-electron chi connectivity index (χ4n) is 3.89. The zero-order chi connectivity index (χ0) is 20.1. The SMILES string of the molecule is COc1ccc(N2C(=O)N[C@H]3C[C@]2(C)Oc2c(OC)cc(Br)cc23)c(OC)c1. The number of hydrogen-bond acceptors (Lipinski definition) is 5. The van der Waals surface area contributed by atoms with Crippen molar-refractivity contribution in [3.05, 3.63) is 40.4 Å². The molecule has 0 spiro atoms. The van der Waals surface area contributed by atoms with Gasteiger partial charge in [0.1, 0.15) is 11.5 Å². The molecule has 0 radical (unpaired) electrons. The van der Waals surface area contributed by atoms with Crippen molar-refractivity contribution in [3.8, 4) is 23.0 Å². The van der Waals surface area contributed by atoms with E-state index in [2.05, 4.69) is 21.2 Å². The van der Waals surface area contributed by atoms with Gasteiger partial charge < -0.3 is 24.3 Å². The molecule has 2 aromatic rings. The minimum atomic E-state index is -0.914. The second-order valence-corrected chi connectivity index (χ2v) is 7.80. The van der Waals surface area contributed by atoms with Gasteiger partial charge in [0, 0.05) is 22.5 Å². The zero-order valence-electron chi connectivity index (χ0n) is 16.0. The Morgan fingerprint density at radius 3 is 2.57 bits per heavy atom. The number of fused-ring (bicyclic) bond motifs is 4. The number of amides is 2. The Morgan fingerprint density at radius 1 is 1.14 bits per heavy atom. The molecule has 148 valence electrons. The summed E-state index contributed by atoms with van der Waals surface area (Å²) >= 11 is 3.49. The van der Waals surface area contributed by atoms with Gasteiger partial charge >= 0.3 is 6.03 Å². The van der Waals surface area contributed by atoms with Crippen LogP contribution in [-0.4, -0.2) is 33.1 Å². The Bertz CT molecular complexity index is 950. The van der Waals surface area contributed by atoms with Crippen LogP contribution < -0.4 is 29.2 Å². The monoisotopic (exact) mass is 448 g/mol. The minimum absolute atomic E-state index is 0.187. The number of anilines is 1. The average Bonchev–Trinajstić information content (AvgIpc) is 2.67. The summed E-state index contributed by atoms with van der Waals surface area (Å²) in [6, 6.07) is 8.68. The van der Waals surface area contributed by atoms with Crippen LogP contribution in [0.1, 0.15) is 24.9 Å². The molecule has 2 heterocycles. The van der Waals surface area contributed by atoms with Crippen molar-refractivity contribution in [1.82, 2.24) is 5.32 Å². The molecule has 2 bridgehead atoms. The highest BCUT2D eigenvalue weighted by Crippen LogP contribution is 2.51. The number of nitrogens with zero attached hydrogens (tertiary/aromatic N) is 1. The van der Waals surface area contributed by atoms with Crippen LogP contribution in [0.2, 0.25) is 0 Å². The standard InChI is InChI=1S/C20H21BrN2O5/c1-20-10-14(13-7-11(21)8-17(27-4)18(13)28-20)22-19(24)23(20)15-6-5-12(25-2)9-16(15)26-3/h5-9,14H,10H2,1-4H3,(H,22,24)/t14-,20-/m0/s1. The molecule has 2 aliphatic heterocycles. The van der Waals surface area contributed by atoms with Crippen molar-refractivity contribution >= 4 is 27.6 Å². The van der Waals surface area contributed by atoms with Gasteiger partial charge in [-0.2, -0.15) is 0 Å². The molecule has 4 rings (SSSR count). The first-order valence-corrected chi connectivity index (χ1v) is 9.58. The lowest BCUT2D eigenvalue weighted by atomic mass is 9.89. The van der Waals surface area contributed by atoms with E-state index in [0.29, 0.717) is 35.1 Å².